The maximum atomic E-state index is 9.10. The van der Waals surface area contributed by atoms with Gasteiger partial charge in [-0.1, -0.05) is 22.9 Å². The van der Waals surface area contributed by atoms with Crippen molar-refractivity contribution in [2.24, 2.45) is 0 Å². The zero-order valence-electron chi connectivity index (χ0n) is 9.98. The van der Waals surface area contributed by atoms with Gasteiger partial charge >= 0.3 is 0 Å². The van der Waals surface area contributed by atoms with Crippen molar-refractivity contribution in [2.75, 3.05) is 5.32 Å². The van der Waals surface area contributed by atoms with E-state index in [1.807, 2.05) is 24.3 Å². The molecule has 1 atom stereocenters. The van der Waals surface area contributed by atoms with Crippen LogP contribution < -0.4 is 5.32 Å². The maximum Gasteiger partial charge on any atom is 0.125 e. The van der Waals surface area contributed by atoms with Gasteiger partial charge in [0.05, 0.1) is 23.6 Å². The molecule has 0 bridgehead atoms. The Morgan fingerprint density at radius 3 is 2.89 bits per heavy atom. The van der Waals surface area contributed by atoms with E-state index in [1.165, 1.54) is 0 Å². The summed E-state index contributed by atoms with van der Waals surface area (Å²) in [7, 11) is 0. The number of hydrogen-bond donors (Lipinski definition) is 1. The molecular weight excluding hydrogens is 292 g/mol. The Labute approximate surface area is 115 Å². The monoisotopic (exact) mass is 304 g/mol. The SMILES string of the molecule is CCC(Nc1cc(Br)ccc1C#N)c1ccco1. The van der Waals surface area contributed by atoms with Gasteiger partial charge in [0.1, 0.15) is 11.8 Å². The molecule has 18 heavy (non-hydrogen) atoms. The fourth-order valence-corrected chi connectivity index (χ4v) is 2.15. The lowest BCUT2D eigenvalue weighted by atomic mass is 10.1. The number of nitriles is 1. The van der Waals surface area contributed by atoms with Gasteiger partial charge in [-0.2, -0.15) is 5.26 Å². The average molecular weight is 305 g/mol. The number of benzene rings is 1. The molecule has 0 aliphatic heterocycles. The number of nitrogens with zero attached hydrogens (tertiary/aromatic N) is 1. The fourth-order valence-electron chi connectivity index (χ4n) is 1.79. The molecule has 0 fully saturated rings. The topological polar surface area (TPSA) is 49.0 Å². The normalized spacial score (nSPS) is 11.8. The first kappa shape index (κ1) is 12.7. The van der Waals surface area contributed by atoms with E-state index in [-0.39, 0.29) is 6.04 Å². The highest BCUT2D eigenvalue weighted by Crippen LogP contribution is 2.27. The Hall–Kier alpha value is -1.73. The van der Waals surface area contributed by atoms with Gasteiger partial charge in [-0.15, -0.1) is 0 Å². The molecule has 92 valence electrons. The molecule has 4 heteroatoms. The third-order valence-corrected chi connectivity index (χ3v) is 3.22. The molecule has 0 spiro atoms. The second-order valence-corrected chi connectivity index (χ2v) is 4.84. The summed E-state index contributed by atoms with van der Waals surface area (Å²) in [5.74, 6) is 0.876. The van der Waals surface area contributed by atoms with E-state index >= 15 is 0 Å². The molecule has 0 saturated heterocycles. The van der Waals surface area contributed by atoms with Crippen molar-refractivity contribution in [3.63, 3.8) is 0 Å². The third kappa shape index (κ3) is 2.74. The van der Waals surface area contributed by atoms with Crippen molar-refractivity contribution in [2.45, 2.75) is 19.4 Å². The van der Waals surface area contributed by atoms with Crippen molar-refractivity contribution < 1.29 is 4.42 Å². The number of hydrogen-bond acceptors (Lipinski definition) is 3. The van der Waals surface area contributed by atoms with E-state index in [0.29, 0.717) is 5.56 Å². The summed E-state index contributed by atoms with van der Waals surface area (Å²) >= 11 is 3.41. The van der Waals surface area contributed by atoms with Crippen LogP contribution in [0, 0.1) is 11.3 Å². The van der Waals surface area contributed by atoms with Crippen LogP contribution in [0.25, 0.3) is 0 Å². The smallest absolute Gasteiger partial charge is 0.125 e. The molecule has 0 aliphatic carbocycles. The first-order valence-electron chi connectivity index (χ1n) is 5.74. The van der Waals surface area contributed by atoms with Crippen molar-refractivity contribution in [1.29, 1.82) is 5.26 Å². The Kier molecular flexibility index (Phi) is 4.06. The van der Waals surface area contributed by atoms with Crippen LogP contribution in [-0.4, -0.2) is 0 Å². The first-order chi connectivity index (χ1) is 8.74. The number of rotatable bonds is 4. The molecule has 0 amide bonds. The summed E-state index contributed by atoms with van der Waals surface area (Å²) in [6, 6.07) is 11.6. The molecule has 3 nitrogen and oxygen atoms in total. The third-order valence-electron chi connectivity index (χ3n) is 2.73. The lowest BCUT2D eigenvalue weighted by Gasteiger charge is -2.17. The van der Waals surface area contributed by atoms with Gasteiger partial charge in [0.15, 0.2) is 0 Å². The lowest BCUT2D eigenvalue weighted by molar-refractivity contribution is 0.474. The Morgan fingerprint density at radius 2 is 2.28 bits per heavy atom. The van der Waals surface area contributed by atoms with Crippen LogP contribution in [-0.2, 0) is 0 Å². The highest BCUT2D eigenvalue weighted by atomic mass is 79.9. The maximum absolute atomic E-state index is 9.10. The van der Waals surface area contributed by atoms with E-state index in [4.69, 9.17) is 9.68 Å². The molecule has 2 rings (SSSR count). The molecule has 0 aliphatic rings. The molecule has 0 radical (unpaired) electrons. The Bertz CT molecular complexity index is 558. The summed E-state index contributed by atoms with van der Waals surface area (Å²) < 4.78 is 6.35. The van der Waals surface area contributed by atoms with Gasteiger partial charge in [0, 0.05) is 4.47 Å². The van der Waals surface area contributed by atoms with Crippen LogP contribution in [0.15, 0.2) is 45.5 Å². The van der Waals surface area contributed by atoms with Gasteiger partial charge in [0.25, 0.3) is 0 Å². The fraction of sp³-hybridized carbons (Fsp3) is 0.214. The largest absolute Gasteiger partial charge is 0.467 e. The zero-order chi connectivity index (χ0) is 13.0. The van der Waals surface area contributed by atoms with Crippen LogP contribution in [0.3, 0.4) is 0 Å². The number of nitrogens with one attached hydrogen (secondary N) is 1. The summed E-state index contributed by atoms with van der Waals surface area (Å²) in [5, 5.41) is 12.4. The van der Waals surface area contributed by atoms with E-state index in [9.17, 15) is 0 Å². The minimum atomic E-state index is 0.0707. The van der Waals surface area contributed by atoms with E-state index in [2.05, 4.69) is 34.2 Å². The molecule has 1 heterocycles. The molecule has 1 aromatic carbocycles. The number of furan rings is 1. The molecule has 1 unspecified atom stereocenters. The lowest BCUT2D eigenvalue weighted by Crippen LogP contribution is -2.09. The standard InChI is InChI=1S/C14H13BrN2O/c1-2-12(14-4-3-7-18-14)17-13-8-11(15)6-5-10(13)9-16/h3-8,12,17H,2H2,1H3. The predicted molar refractivity (Wildman–Crippen MR) is 74.2 cm³/mol. The summed E-state index contributed by atoms with van der Waals surface area (Å²) in [6.45, 7) is 2.07. The van der Waals surface area contributed by atoms with Crippen LogP contribution >= 0.6 is 15.9 Å². The zero-order valence-corrected chi connectivity index (χ0v) is 11.6. The Balaban J connectivity index is 2.27. The minimum Gasteiger partial charge on any atom is -0.467 e. The highest BCUT2D eigenvalue weighted by Gasteiger charge is 2.13. The van der Waals surface area contributed by atoms with Gasteiger partial charge in [-0.3, -0.25) is 0 Å². The van der Waals surface area contributed by atoms with Crippen LogP contribution in [0.4, 0.5) is 5.69 Å². The molecule has 1 aromatic heterocycles. The van der Waals surface area contributed by atoms with Crippen molar-refractivity contribution in [3.05, 3.63) is 52.4 Å². The van der Waals surface area contributed by atoms with Gasteiger partial charge < -0.3 is 9.73 Å². The van der Waals surface area contributed by atoms with Gasteiger partial charge in [-0.05, 0) is 36.8 Å². The Morgan fingerprint density at radius 1 is 1.44 bits per heavy atom. The summed E-state index contributed by atoms with van der Waals surface area (Å²) in [4.78, 5) is 0. The van der Waals surface area contributed by atoms with Crippen LogP contribution in [0.2, 0.25) is 0 Å². The van der Waals surface area contributed by atoms with E-state index in [0.717, 1.165) is 22.3 Å². The molecule has 1 N–H and O–H groups in total. The van der Waals surface area contributed by atoms with Gasteiger partial charge in [0.2, 0.25) is 0 Å². The molecule has 0 saturated carbocycles. The second kappa shape index (κ2) is 5.74. The molecular formula is C14H13BrN2O. The van der Waals surface area contributed by atoms with Crippen molar-refractivity contribution >= 4 is 21.6 Å². The molecule has 2 aromatic rings. The van der Waals surface area contributed by atoms with E-state index in [1.54, 1.807) is 12.3 Å². The average Bonchev–Trinajstić information content (AvgIpc) is 2.90. The first-order valence-corrected chi connectivity index (χ1v) is 6.53. The number of anilines is 1. The van der Waals surface area contributed by atoms with Crippen LogP contribution in [0.1, 0.15) is 30.7 Å². The van der Waals surface area contributed by atoms with E-state index < -0.39 is 0 Å². The van der Waals surface area contributed by atoms with Crippen LogP contribution in [0.5, 0.6) is 0 Å². The summed E-state index contributed by atoms with van der Waals surface area (Å²) in [5.41, 5.74) is 1.44. The van der Waals surface area contributed by atoms with Crippen molar-refractivity contribution in [1.82, 2.24) is 0 Å². The second-order valence-electron chi connectivity index (χ2n) is 3.92. The van der Waals surface area contributed by atoms with Gasteiger partial charge in [-0.25, -0.2) is 0 Å². The quantitative estimate of drug-likeness (QED) is 0.906. The minimum absolute atomic E-state index is 0.0707. The summed E-state index contributed by atoms with van der Waals surface area (Å²) in [6.07, 6.45) is 2.54. The number of halogens is 1. The highest BCUT2D eigenvalue weighted by molar-refractivity contribution is 9.10. The predicted octanol–water partition coefficient (Wildman–Crippen LogP) is 4.48. The van der Waals surface area contributed by atoms with Crippen molar-refractivity contribution in [3.8, 4) is 6.07 Å².